The fourth-order valence-electron chi connectivity index (χ4n) is 1.22. The zero-order valence-corrected chi connectivity index (χ0v) is 28.8. The molecular formula is C20H24Cu3F6N12O8S2. The number of nitrogens with one attached hydrogen (secondary N) is 3. The van der Waals surface area contributed by atoms with Crippen LogP contribution in [0.15, 0.2) is 111 Å². The zero-order valence-electron chi connectivity index (χ0n) is 24.3. The van der Waals surface area contributed by atoms with Crippen LogP contribution in [0.25, 0.3) is 0 Å². The van der Waals surface area contributed by atoms with Gasteiger partial charge in [0, 0.05) is 55.8 Å². The van der Waals surface area contributed by atoms with Gasteiger partial charge in [-0.2, -0.15) is 60.2 Å². The molecule has 31 heteroatoms. The first-order chi connectivity index (χ1) is 21.5. The molecule has 0 amide bonds. The average Bonchev–Trinajstić information content (AvgIpc) is 3.87. The predicted octanol–water partition coefficient (Wildman–Crippen LogP) is 0.439. The molecule has 0 spiro atoms. The SMILES string of the molecule is O.O=S(=O)([O-])C(F)(F)F.O=S(=O)([O-])C(F)(F)F.[Cu+2].[Cu+2].[Cu+2].[OH-].c1cn[n-]c1.c1cn[n-]c1.c1cn[n-]c1.c1cn[nH]c1.c1cn[nH]c1.c1cn[nH]c1. The molecule has 6 rings (SSSR count). The van der Waals surface area contributed by atoms with Crippen LogP contribution >= 0.6 is 0 Å². The van der Waals surface area contributed by atoms with Gasteiger partial charge in [-0.3, -0.25) is 15.3 Å². The fraction of sp³-hybridized carbons (Fsp3) is 0.100. The third-order valence-electron chi connectivity index (χ3n) is 2.90. The zero-order chi connectivity index (χ0) is 35.2. The van der Waals surface area contributed by atoms with Gasteiger partial charge in [-0.1, -0.05) is 18.2 Å². The summed E-state index contributed by atoms with van der Waals surface area (Å²) in [5.74, 6) is 0. The molecule has 20 nitrogen and oxygen atoms in total. The van der Waals surface area contributed by atoms with E-state index in [2.05, 4.69) is 61.2 Å². The number of hydrogen-bond acceptors (Lipinski definition) is 13. The summed E-state index contributed by atoms with van der Waals surface area (Å²) in [5.41, 5.74) is -11.3. The summed E-state index contributed by atoms with van der Waals surface area (Å²) in [4.78, 5) is 0. The Hall–Kier alpha value is -3.86. The number of halogens is 6. The van der Waals surface area contributed by atoms with Crippen LogP contribution in [0.2, 0.25) is 0 Å². The molecule has 0 aromatic carbocycles. The van der Waals surface area contributed by atoms with Crippen molar-refractivity contribution < 1.29 is 114 Å². The summed E-state index contributed by atoms with van der Waals surface area (Å²) >= 11 is 0. The molecule has 299 valence electrons. The molecule has 0 aliphatic rings. The Morgan fingerprint density at radius 3 is 0.745 bits per heavy atom. The van der Waals surface area contributed by atoms with E-state index in [1.165, 1.54) is 0 Å². The Bertz CT molecular complexity index is 1220. The first-order valence-corrected chi connectivity index (χ1v) is 13.8. The Kier molecular flexibility index (Phi) is 45.7. The van der Waals surface area contributed by atoms with Gasteiger partial charge in [0.2, 0.25) is 0 Å². The van der Waals surface area contributed by atoms with Crippen molar-refractivity contribution in [3.63, 3.8) is 0 Å². The fourth-order valence-corrected chi connectivity index (χ4v) is 1.22. The number of aromatic amines is 3. The van der Waals surface area contributed by atoms with Gasteiger partial charge in [0.1, 0.15) is 0 Å². The Balaban J connectivity index is -0.0000000860. The molecule has 0 saturated carbocycles. The maximum atomic E-state index is 10.7. The predicted molar refractivity (Wildman–Crippen MR) is 145 cm³/mol. The molecule has 0 atom stereocenters. The Morgan fingerprint density at radius 1 is 0.490 bits per heavy atom. The van der Waals surface area contributed by atoms with Crippen LogP contribution in [0.3, 0.4) is 0 Å². The topological polar surface area (TPSA) is 343 Å². The van der Waals surface area contributed by atoms with Crippen LogP contribution in [-0.2, 0) is 71.4 Å². The number of alkyl halides is 6. The van der Waals surface area contributed by atoms with Gasteiger partial charge in [-0.05, 0) is 18.2 Å². The van der Waals surface area contributed by atoms with Crippen molar-refractivity contribution >= 4 is 20.2 Å². The van der Waals surface area contributed by atoms with Crippen LogP contribution in [0.4, 0.5) is 26.3 Å². The first kappa shape index (κ1) is 62.3. The van der Waals surface area contributed by atoms with Crippen LogP contribution in [0.1, 0.15) is 0 Å². The average molecular weight is 929 g/mol. The number of aromatic nitrogens is 12. The van der Waals surface area contributed by atoms with E-state index in [1.807, 2.05) is 18.2 Å². The van der Waals surface area contributed by atoms with Crippen molar-refractivity contribution in [3.05, 3.63) is 111 Å². The Morgan fingerprint density at radius 2 is 0.706 bits per heavy atom. The van der Waals surface area contributed by atoms with Crippen molar-refractivity contribution in [2.45, 2.75) is 11.0 Å². The van der Waals surface area contributed by atoms with Gasteiger partial charge in [-0.25, -0.2) is 16.8 Å². The van der Waals surface area contributed by atoms with Gasteiger partial charge in [0.15, 0.2) is 20.2 Å². The maximum absolute atomic E-state index is 10.7. The molecule has 0 unspecified atom stereocenters. The van der Waals surface area contributed by atoms with Crippen LogP contribution < -0.4 is 15.3 Å². The number of H-pyrrole nitrogens is 3. The minimum Gasteiger partial charge on any atom is -0.870 e. The summed E-state index contributed by atoms with van der Waals surface area (Å²) < 4.78 is 118. The normalized spacial score (nSPS) is 9.10. The summed E-state index contributed by atoms with van der Waals surface area (Å²) in [7, 11) is -12.2. The summed E-state index contributed by atoms with van der Waals surface area (Å²) in [6.07, 6.45) is 20.2. The van der Waals surface area contributed by atoms with E-state index in [1.54, 1.807) is 92.6 Å². The third-order valence-corrected chi connectivity index (χ3v) is 4.03. The number of nitrogens with zero attached hydrogens (tertiary/aromatic N) is 9. The Labute approximate surface area is 316 Å². The molecule has 0 aliphatic heterocycles. The number of hydrogen-bond donors (Lipinski definition) is 3. The minimum atomic E-state index is -6.09. The monoisotopic (exact) mass is 927 g/mol. The van der Waals surface area contributed by atoms with E-state index in [0.717, 1.165) is 0 Å². The van der Waals surface area contributed by atoms with Crippen molar-refractivity contribution in [2.75, 3.05) is 0 Å². The van der Waals surface area contributed by atoms with E-state index in [-0.39, 0.29) is 62.2 Å². The second-order valence-corrected chi connectivity index (χ2v) is 9.01. The van der Waals surface area contributed by atoms with Crippen molar-refractivity contribution in [1.29, 1.82) is 0 Å². The summed E-state index contributed by atoms with van der Waals surface area (Å²) in [5, 5.41) is 39.5. The molecule has 6 aromatic heterocycles. The van der Waals surface area contributed by atoms with Gasteiger partial charge >= 0.3 is 62.2 Å². The van der Waals surface area contributed by atoms with Crippen LogP contribution in [0, 0.1) is 0 Å². The van der Waals surface area contributed by atoms with Crippen molar-refractivity contribution in [1.82, 2.24) is 61.2 Å². The standard InChI is InChI=1S/3C3H4N2.3C3H3N2.2CHF3O3S.3Cu.2H2O/c6*1-2-4-5-3-1;2*2-1(3,4)8(5,6)7;;;;;/h3*1-3H,(H,4,5);3*1-3H;2*(H,5,6,7);;;;2*1H2/q;;;3*-1;;;3*+2;;/p-3. The molecule has 6 heterocycles. The molecule has 0 saturated heterocycles. The minimum absolute atomic E-state index is 0. The van der Waals surface area contributed by atoms with Crippen LogP contribution in [-0.4, -0.2) is 93.8 Å². The van der Waals surface area contributed by atoms with Gasteiger partial charge in [0.05, 0.1) is 0 Å². The molecule has 0 fully saturated rings. The third kappa shape index (κ3) is 46.1. The van der Waals surface area contributed by atoms with E-state index in [0.29, 0.717) is 0 Å². The molecule has 51 heavy (non-hydrogen) atoms. The molecule has 0 aliphatic carbocycles. The van der Waals surface area contributed by atoms with Gasteiger partial charge in [-0.15, -0.1) is 0 Å². The second-order valence-electron chi connectivity index (χ2n) is 6.26. The smallest absolute Gasteiger partial charge is 0.870 e. The molecule has 0 bridgehead atoms. The number of rotatable bonds is 0. The second kappa shape index (κ2) is 37.4. The molecule has 3 radical (unpaired) electrons. The van der Waals surface area contributed by atoms with Crippen molar-refractivity contribution in [2.24, 2.45) is 0 Å². The molecule has 6 N–H and O–H groups in total. The van der Waals surface area contributed by atoms with Gasteiger partial charge in [0.25, 0.3) is 0 Å². The van der Waals surface area contributed by atoms with E-state index in [9.17, 15) is 26.3 Å². The van der Waals surface area contributed by atoms with E-state index < -0.39 is 31.3 Å². The first-order valence-electron chi connectivity index (χ1n) is 11.0. The van der Waals surface area contributed by atoms with E-state index >= 15 is 0 Å². The molecular weight excluding hydrogens is 905 g/mol. The quantitative estimate of drug-likeness (QED) is 0.0805. The summed E-state index contributed by atoms with van der Waals surface area (Å²) in [6.45, 7) is 0. The maximum Gasteiger partial charge on any atom is 2.00 e. The largest absolute Gasteiger partial charge is 2.00 e. The van der Waals surface area contributed by atoms with Crippen molar-refractivity contribution in [3.8, 4) is 0 Å². The van der Waals surface area contributed by atoms with Gasteiger partial charge < -0.3 is 50.6 Å². The molecule has 6 aromatic rings. The van der Waals surface area contributed by atoms with Crippen LogP contribution in [0.5, 0.6) is 0 Å². The van der Waals surface area contributed by atoms with E-state index in [4.69, 9.17) is 25.9 Å². The summed E-state index contributed by atoms with van der Waals surface area (Å²) in [6, 6.07) is 10.8.